The minimum absolute atomic E-state index is 0.0797. The van der Waals surface area contributed by atoms with Crippen LogP contribution in [0.3, 0.4) is 0 Å². The Balaban J connectivity index is 1.93. The Labute approximate surface area is 133 Å². The van der Waals surface area contributed by atoms with Gasteiger partial charge in [0.2, 0.25) is 11.8 Å². The van der Waals surface area contributed by atoms with Gasteiger partial charge in [-0.3, -0.25) is 4.79 Å². The second kappa shape index (κ2) is 7.53. The largest absolute Gasteiger partial charge is 0.479 e. The minimum atomic E-state index is -1.11. The highest BCUT2D eigenvalue weighted by atomic mass is 16.5. The number of hydrogen-bond acceptors (Lipinski definition) is 5. The Morgan fingerprint density at radius 3 is 2.52 bits per heavy atom. The Bertz CT molecular complexity index is 667. The fourth-order valence-electron chi connectivity index (χ4n) is 1.99. The third kappa shape index (κ3) is 4.64. The summed E-state index contributed by atoms with van der Waals surface area (Å²) in [5.41, 5.74) is 0.522. The third-order valence-electron chi connectivity index (χ3n) is 3.25. The average Bonchev–Trinajstić information content (AvgIpc) is 3.00. The zero-order valence-corrected chi connectivity index (χ0v) is 13.0. The molecule has 1 amide bonds. The summed E-state index contributed by atoms with van der Waals surface area (Å²) in [7, 11) is 0. The van der Waals surface area contributed by atoms with Crippen LogP contribution in [0.2, 0.25) is 0 Å². The third-order valence-corrected chi connectivity index (χ3v) is 3.25. The van der Waals surface area contributed by atoms with E-state index in [-0.39, 0.29) is 24.7 Å². The second-order valence-electron chi connectivity index (χ2n) is 5.45. The van der Waals surface area contributed by atoms with Crippen molar-refractivity contribution in [2.45, 2.75) is 38.6 Å². The van der Waals surface area contributed by atoms with Crippen LogP contribution in [0.1, 0.15) is 49.5 Å². The second-order valence-corrected chi connectivity index (χ2v) is 5.45. The lowest BCUT2D eigenvalue weighted by Crippen LogP contribution is -2.33. The lowest BCUT2D eigenvalue weighted by atomic mass is 10.1. The molecular weight excluding hydrogens is 298 g/mol. The van der Waals surface area contributed by atoms with Crippen LogP contribution in [0, 0.1) is 0 Å². The summed E-state index contributed by atoms with van der Waals surface area (Å²) in [5.74, 6) is -0.380. The van der Waals surface area contributed by atoms with E-state index in [4.69, 9.17) is 4.52 Å². The number of carbonyl (C=O) groups is 2. The van der Waals surface area contributed by atoms with Crippen molar-refractivity contribution in [3.05, 3.63) is 47.6 Å². The van der Waals surface area contributed by atoms with Crippen LogP contribution >= 0.6 is 0 Å². The van der Waals surface area contributed by atoms with Crippen molar-refractivity contribution < 1.29 is 19.2 Å². The van der Waals surface area contributed by atoms with Crippen molar-refractivity contribution in [3.63, 3.8) is 0 Å². The molecule has 0 saturated heterocycles. The van der Waals surface area contributed by atoms with Crippen LogP contribution in [-0.4, -0.2) is 27.1 Å². The number of carboxylic acid groups (broad SMARTS) is 1. The molecule has 0 aliphatic rings. The molecule has 7 heteroatoms. The molecule has 0 spiro atoms. The van der Waals surface area contributed by atoms with Gasteiger partial charge in [0.25, 0.3) is 0 Å². The Morgan fingerprint density at radius 2 is 1.96 bits per heavy atom. The molecule has 0 bridgehead atoms. The number of aromatic nitrogens is 2. The summed E-state index contributed by atoms with van der Waals surface area (Å²) < 4.78 is 5.06. The summed E-state index contributed by atoms with van der Waals surface area (Å²) in [6, 6.07) is 7.48. The van der Waals surface area contributed by atoms with Gasteiger partial charge in [0.1, 0.15) is 0 Å². The maximum Gasteiger partial charge on any atom is 0.330 e. The number of nitrogens with zero attached hydrogens (tertiary/aromatic N) is 2. The number of rotatable bonds is 7. The van der Waals surface area contributed by atoms with Crippen LogP contribution in [0.5, 0.6) is 0 Å². The molecule has 2 N–H and O–H groups in total. The van der Waals surface area contributed by atoms with Crippen LogP contribution in [-0.2, 0) is 16.0 Å². The minimum Gasteiger partial charge on any atom is -0.479 e. The number of carbonyl (C=O) groups excluding carboxylic acids is 1. The van der Waals surface area contributed by atoms with Gasteiger partial charge in [-0.05, 0) is 5.56 Å². The molecule has 7 nitrogen and oxygen atoms in total. The van der Waals surface area contributed by atoms with Crippen molar-refractivity contribution in [1.82, 2.24) is 15.5 Å². The van der Waals surface area contributed by atoms with E-state index in [2.05, 4.69) is 15.5 Å². The zero-order chi connectivity index (χ0) is 16.8. The van der Waals surface area contributed by atoms with Gasteiger partial charge >= 0.3 is 5.97 Å². The number of carboxylic acids is 1. The summed E-state index contributed by atoms with van der Waals surface area (Å²) in [6.07, 6.45) is 0.350. The van der Waals surface area contributed by atoms with E-state index >= 15 is 0 Å². The fourth-order valence-corrected chi connectivity index (χ4v) is 1.99. The summed E-state index contributed by atoms with van der Waals surface area (Å²) in [6.45, 7) is 3.89. The summed E-state index contributed by atoms with van der Waals surface area (Å²) in [4.78, 5) is 27.5. The van der Waals surface area contributed by atoms with Crippen LogP contribution in [0.4, 0.5) is 0 Å². The van der Waals surface area contributed by atoms with E-state index in [1.165, 1.54) is 0 Å². The van der Waals surface area contributed by atoms with E-state index in [1.807, 2.05) is 13.8 Å². The van der Waals surface area contributed by atoms with Crippen molar-refractivity contribution in [2.75, 3.05) is 0 Å². The Morgan fingerprint density at radius 1 is 1.26 bits per heavy atom. The summed E-state index contributed by atoms with van der Waals surface area (Å²) in [5, 5.41) is 15.6. The summed E-state index contributed by atoms with van der Waals surface area (Å²) >= 11 is 0. The van der Waals surface area contributed by atoms with Gasteiger partial charge < -0.3 is 14.9 Å². The molecule has 23 heavy (non-hydrogen) atoms. The monoisotopic (exact) mass is 317 g/mol. The molecule has 0 saturated carbocycles. The first-order valence-electron chi connectivity index (χ1n) is 7.37. The molecule has 1 atom stereocenters. The molecule has 122 valence electrons. The van der Waals surface area contributed by atoms with E-state index in [1.54, 1.807) is 30.3 Å². The van der Waals surface area contributed by atoms with Crippen molar-refractivity contribution in [1.29, 1.82) is 0 Å². The number of amides is 1. The van der Waals surface area contributed by atoms with E-state index in [0.717, 1.165) is 0 Å². The molecule has 0 fully saturated rings. The molecule has 1 heterocycles. The highest BCUT2D eigenvalue weighted by molar-refractivity contribution is 5.84. The maximum absolute atomic E-state index is 12.0. The highest BCUT2D eigenvalue weighted by Crippen LogP contribution is 2.14. The van der Waals surface area contributed by atoms with Crippen LogP contribution in [0.25, 0.3) is 0 Å². The van der Waals surface area contributed by atoms with Crippen molar-refractivity contribution >= 4 is 11.9 Å². The first-order chi connectivity index (χ1) is 11.0. The predicted molar refractivity (Wildman–Crippen MR) is 81.7 cm³/mol. The Hall–Kier alpha value is -2.70. The number of aryl methyl sites for hydroxylation is 1. The van der Waals surface area contributed by atoms with Crippen LogP contribution < -0.4 is 5.32 Å². The van der Waals surface area contributed by atoms with Crippen molar-refractivity contribution in [3.8, 4) is 0 Å². The van der Waals surface area contributed by atoms with Gasteiger partial charge in [-0.15, -0.1) is 0 Å². The first-order valence-corrected chi connectivity index (χ1v) is 7.37. The molecule has 0 aliphatic heterocycles. The number of aliphatic carboxylic acids is 1. The molecule has 0 unspecified atom stereocenters. The normalized spacial score (nSPS) is 12.1. The SMILES string of the molecule is CC(C)c1noc(CCC(=O)N[C@@H](C(=O)O)c2ccccc2)n1. The highest BCUT2D eigenvalue weighted by Gasteiger charge is 2.22. The van der Waals surface area contributed by atoms with E-state index < -0.39 is 12.0 Å². The van der Waals surface area contributed by atoms with Gasteiger partial charge in [-0.1, -0.05) is 49.3 Å². The topological polar surface area (TPSA) is 105 Å². The smallest absolute Gasteiger partial charge is 0.330 e. The quantitative estimate of drug-likeness (QED) is 0.810. The predicted octanol–water partition coefficient (Wildman–Crippen LogP) is 2.07. The Kier molecular flexibility index (Phi) is 5.46. The fraction of sp³-hybridized carbons (Fsp3) is 0.375. The average molecular weight is 317 g/mol. The molecule has 1 aromatic carbocycles. The lowest BCUT2D eigenvalue weighted by molar-refractivity contribution is -0.142. The number of nitrogens with one attached hydrogen (secondary N) is 1. The standard InChI is InChI=1S/C16H19N3O4/c1-10(2)15-18-13(23-19-15)9-8-12(20)17-14(16(21)22)11-6-4-3-5-7-11/h3-7,10,14H,8-9H2,1-2H3,(H,17,20)(H,21,22)/t14-/m1/s1. The molecule has 1 aromatic heterocycles. The van der Waals surface area contributed by atoms with Gasteiger partial charge in [0.05, 0.1) is 0 Å². The molecule has 2 aromatic rings. The van der Waals surface area contributed by atoms with Gasteiger partial charge in [0.15, 0.2) is 11.9 Å². The van der Waals surface area contributed by atoms with Gasteiger partial charge in [-0.2, -0.15) is 4.98 Å². The molecule has 0 radical (unpaired) electrons. The molecule has 0 aliphatic carbocycles. The first kappa shape index (κ1) is 16.7. The van der Waals surface area contributed by atoms with Gasteiger partial charge in [-0.25, -0.2) is 4.79 Å². The van der Waals surface area contributed by atoms with E-state index in [9.17, 15) is 14.7 Å². The van der Waals surface area contributed by atoms with E-state index in [0.29, 0.717) is 17.3 Å². The number of benzene rings is 1. The van der Waals surface area contributed by atoms with Gasteiger partial charge in [0, 0.05) is 18.8 Å². The number of hydrogen-bond donors (Lipinski definition) is 2. The lowest BCUT2D eigenvalue weighted by Gasteiger charge is -2.14. The van der Waals surface area contributed by atoms with Crippen LogP contribution in [0.15, 0.2) is 34.9 Å². The maximum atomic E-state index is 12.0. The zero-order valence-electron chi connectivity index (χ0n) is 13.0. The molecule has 2 rings (SSSR count). The molecular formula is C16H19N3O4. The van der Waals surface area contributed by atoms with Crippen molar-refractivity contribution in [2.24, 2.45) is 0 Å².